The lowest BCUT2D eigenvalue weighted by atomic mass is 9.57. The number of nitrogens with zero attached hydrogens (tertiary/aromatic N) is 2. The first-order chi connectivity index (χ1) is 20.4. The molecule has 4 atom stereocenters. The number of primary amides is 1. The number of hydrogen-bond donors (Lipinski definition) is 6. The third-order valence-electron chi connectivity index (χ3n) is 8.83. The maximum absolute atomic E-state index is 14.1. The highest BCUT2D eigenvalue weighted by atomic mass is 19.4. The highest BCUT2D eigenvalue weighted by Gasteiger charge is 2.64. The number of aliphatic hydroxyl groups is 3. The Labute approximate surface area is 250 Å². The number of carbonyl (C=O) groups is 3. The monoisotopic (exact) mass is 618 g/mol. The van der Waals surface area contributed by atoms with Gasteiger partial charge in [0.25, 0.3) is 5.91 Å². The van der Waals surface area contributed by atoms with E-state index in [4.69, 9.17) is 5.73 Å². The maximum Gasteiger partial charge on any atom is 0.401 e. The number of fused-ring (bicyclic) bond motifs is 4. The predicted molar refractivity (Wildman–Crippen MR) is 154 cm³/mol. The summed E-state index contributed by atoms with van der Waals surface area (Å²) in [6.45, 7) is -1.38. The summed E-state index contributed by atoms with van der Waals surface area (Å²) in [7, 11) is 6.52. The van der Waals surface area contributed by atoms with E-state index in [0.29, 0.717) is 22.2 Å². The van der Waals surface area contributed by atoms with E-state index in [1.165, 1.54) is 25.1 Å². The van der Waals surface area contributed by atoms with Crippen LogP contribution in [0, 0.1) is 11.8 Å². The molecule has 1 fully saturated rings. The van der Waals surface area contributed by atoms with Gasteiger partial charge in [0.05, 0.1) is 18.2 Å². The van der Waals surface area contributed by atoms with Gasteiger partial charge in [0.15, 0.2) is 11.4 Å². The number of nitrogens with two attached hydrogens (primary N) is 1. The van der Waals surface area contributed by atoms with Gasteiger partial charge in [-0.1, -0.05) is 12.1 Å². The molecule has 44 heavy (non-hydrogen) atoms. The van der Waals surface area contributed by atoms with E-state index in [1.807, 2.05) is 0 Å². The first-order valence-electron chi connectivity index (χ1n) is 13.8. The number of Topliss-reactive ketones (excluding diaryl/α,β-unsaturated/α-hetero) is 2. The highest BCUT2D eigenvalue weighted by Crippen LogP contribution is 2.55. The number of halogens is 3. The van der Waals surface area contributed by atoms with Crippen molar-refractivity contribution in [3.63, 3.8) is 0 Å². The SMILES string of the molecule is CN(C)c1c2c(c(O)c3cc(CNCC(F)(F)F)ccc13)C(O)=C1C(=O)[C@]3(O)C(O)=C(C(N)=O)C(=O)[C@@H](N(C)C)[C@@H]3C[C@@H]1C2. The zero-order chi connectivity index (χ0) is 32.6. The van der Waals surface area contributed by atoms with Crippen molar-refractivity contribution < 1.29 is 48.0 Å². The molecular formula is C30H33F3N4O7. The van der Waals surface area contributed by atoms with Crippen molar-refractivity contribution in [2.24, 2.45) is 17.6 Å². The van der Waals surface area contributed by atoms with Gasteiger partial charge in [0, 0.05) is 48.6 Å². The number of carbonyl (C=O) groups excluding carboxylic acids is 3. The summed E-state index contributed by atoms with van der Waals surface area (Å²) in [5.74, 6) is -7.50. The van der Waals surface area contributed by atoms with E-state index >= 15 is 0 Å². The molecule has 0 bridgehead atoms. The smallest absolute Gasteiger partial charge is 0.401 e. The second-order valence-electron chi connectivity index (χ2n) is 12.0. The summed E-state index contributed by atoms with van der Waals surface area (Å²) in [6, 6.07) is 3.57. The number of anilines is 1. The number of aliphatic hydroxyl groups excluding tert-OH is 2. The standard InChI is InChI=1S/C30H33F3N4O7/c1-36(2)21-14-6-5-12(10-35-11-29(31,32)33)7-15(14)23(38)19-16(21)8-13-9-17-22(37(3)4)25(40)20(28(34)43)27(42)30(17,44)26(41)18(13)24(19)39/h5-7,13,17,22,35,38-39,42,44H,8-11H2,1-4H3,(H2,34,43)/t13-,17-,22-,30-/m0/s1. The highest BCUT2D eigenvalue weighted by molar-refractivity contribution is 6.24. The van der Waals surface area contributed by atoms with Crippen LogP contribution in [-0.4, -0.2) is 95.4 Å². The molecule has 7 N–H and O–H groups in total. The molecule has 0 radical (unpaired) electrons. The number of amides is 1. The Morgan fingerprint density at radius 1 is 1.11 bits per heavy atom. The molecule has 2 aromatic carbocycles. The largest absolute Gasteiger partial charge is 0.508 e. The van der Waals surface area contributed by atoms with Crippen molar-refractivity contribution in [2.45, 2.75) is 37.2 Å². The van der Waals surface area contributed by atoms with Gasteiger partial charge in [-0.05, 0) is 50.0 Å². The van der Waals surface area contributed by atoms with Crippen LogP contribution >= 0.6 is 0 Å². The van der Waals surface area contributed by atoms with Gasteiger partial charge in [-0.25, -0.2) is 0 Å². The average Bonchev–Trinajstić information content (AvgIpc) is 2.89. The number of nitrogens with one attached hydrogen (secondary N) is 1. The Hall–Kier alpha value is -4.14. The molecule has 0 heterocycles. The number of hydrogen-bond acceptors (Lipinski definition) is 10. The van der Waals surface area contributed by atoms with Crippen molar-refractivity contribution >= 4 is 39.7 Å². The minimum Gasteiger partial charge on any atom is -0.508 e. The van der Waals surface area contributed by atoms with E-state index in [0.717, 1.165) is 0 Å². The number of phenolic OH excluding ortho intramolecular Hbond substituents is 1. The fourth-order valence-corrected chi connectivity index (χ4v) is 7.11. The zero-order valence-corrected chi connectivity index (χ0v) is 24.4. The number of rotatable bonds is 6. The van der Waals surface area contributed by atoms with Crippen LogP contribution in [0.2, 0.25) is 0 Å². The fourth-order valence-electron chi connectivity index (χ4n) is 7.11. The van der Waals surface area contributed by atoms with Gasteiger partial charge >= 0.3 is 6.18 Å². The molecule has 2 aromatic rings. The van der Waals surface area contributed by atoms with Crippen LogP contribution in [0.15, 0.2) is 35.1 Å². The van der Waals surface area contributed by atoms with Gasteiger partial charge in [-0.3, -0.25) is 19.3 Å². The normalized spacial score (nSPS) is 25.3. The molecule has 11 nitrogen and oxygen atoms in total. The van der Waals surface area contributed by atoms with Crippen LogP contribution in [0.5, 0.6) is 5.75 Å². The summed E-state index contributed by atoms with van der Waals surface area (Å²) < 4.78 is 38.0. The molecule has 0 aliphatic heterocycles. The molecule has 236 valence electrons. The van der Waals surface area contributed by atoms with Gasteiger partial charge in [0.1, 0.15) is 22.8 Å². The Morgan fingerprint density at radius 3 is 2.34 bits per heavy atom. The Bertz CT molecular complexity index is 1680. The molecule has 1 amide bonds. The molecule has 0 spiro atoms. The van der Waals surface area contributed by atoms with Crippen LogP contribution in [-0.2, 0) is 27.3 Å². The lowest BCUT2D eigenvalue weighted by molar-refractivity contribution is -0.153. The van der Waals surface area contributed by atoms with Crippen molar-refractivity contribution in [1.82, 2.24) is 10.2 Å². The van der Waals surface area contributed by atoms with E-state index in [1.54, 1.807) is 31.1 Å². The Morgan fingerprint density at radius 2 is 1.77 bits per heavy atom. The minimum atomic E-state index is -4.42. The van der Waals surface area contributed by atoms with Crippen molar-refractivity contribution in [2.75, 3.05) is 39.6 Å². The number of phenols is 1. The molecule has 5 rings (SSSR count). The van der Waals surface area contributed by atoms with Gasteiger partial charge < -0.3 is 36.4 Å². The number of aromatic hydroxyl groups is 1. The third-order valence-corrected chi connectivity index (χ3v) is 8.83. The van der Waals surface area contributed by atoms with Crippen LogP contribution < -0.4 is 16.0 Å². The number of alkyl halides is 3. The van der Waals surface area contributed by atoms with Crippen LogP contribution in [0.25, 0.3) is 16.5 Å². The number of benzene rings is 2. The Balaban J connectivity index is 1.71. The van der Waals surface area contributed by atoms with E-state index in [-0.39, 0.29) is 35.9 Å². The summed E-state index contributed by atoms with van der Waals surface area (Å²) in [6.07, 6.45) is -4.37. The number of likely N-dealkylation sites (N-methyl/N-ethyl adjacent to an activating group) is 1. The quantitative estimate of drug-likeness (QED) is 0.262. The third kappa shape index (κ3) is 4.59. The van der Waals surface area contributed by atoms with Crippen LogP contribution in [0.4, 0.5) is 18.9 Å². The lowest BCUT2D eigenvalue weighted by Crippen LogP contribution is -2.65. The Kier molecular flexibility index (Phi) is 7.46. The van der Waals surface area contributed by atoms with E-state index in [2.05, 4.69) is 5.32 Å². The zero-order valence-electron chi connectivity index (χ0n) is 24.4. The molecule has 0 aromatic heterocycles. The molecule has 0 unspecified atom stereocenters. The van der Waals surface area contributed by atoms with E-state index in [9.17, 15) is 48.0 Å². The van der Waals surface area contributed by atoms with E-state index < -0.39 is 76.5 Å². The first kappa shape index (κ1) is 31.3. The second-order valence-corrected chi connectivity index (χ2v) is 12.0. The lowest BCUT2D eigenvalue weighted by Gasteiger charge is -2.50. The van der Waals surface area contributed by atoms with Crippen LogP contribution in [0.1, 0.15) is 23.1 Å². The maximum atomic E-state index is 14.1. The van der Waals surface area contributed by atoms with Crippen molar-refractivity contribution in [3.05, 3.63) is 51.8 Å². The molecule has 1 saturated carbocycles. The molecule has 3 aliphatic carbocycles. The van der Waals surface area contributed by atoms with Gasteiger partial charge in [-0.15, -0.1) is 0 Å². The average molecular weight is 619 g/mol. The van der Waals surface area contributed by atoms with Crippen molar-refractivity contribution in [3.8, 4) is 5.75 Å². The first-order valence-corrected chi connectivity index (χ1v) is 13.8. The minimum absolute atomic E-state index is 0.0543. The van der Waals surface area contributed by atoms with Crippen molar-refractivity contribution in [1.29, 1.82) is 0 Å². The summed E-state index contributed by atoms with van der Waals surface area (Å²) in [5, 5.41) is 49.0. The van der Waals surface area contributed by atoms with Gasteiger partial charge in [-0.2, -0.15) is 13.2 Å². The van der Waals surface area contributed by atoms with Gasteiger partial charge in [0.2, 0.25) is 5.78 Å². The molecule has 0 saturated heterocycles. The molecular weight excluding hydrogens is 585 g/mol. The fraction of sp³-hybridized carbons (Fsp3) is 0.433. The number of ketones is 2. The summed E-state index contributed by atoms with van der Waals surface area (Å²) >= 11 is 0. The molecule has 3 aliphatic rings. The molecule has 14 heteroatoms. The second kappa shape index (κ2) is 10.5. The van der Waals surface area contributed by atoms with Crippen LogP contribution in [0.3, 0.4) is 0 Å². The summed E-state index contributed by atoms with van der Waals surface area (Å²) in [4.78, 5) is 42.7. The predicted octanol–water partition coefficient (Wildman–Crippen LogP) is 1.84. The summed E-state index contributed by atoms with van der Waals surface area (Å²) in [5.41, 5.74) is 2.79. The topological polar surface area (TPSA) is 177 Å².